The Morgan fingerprint density at radius 1 is 1.32 bits per heavy atom. The van der Waals surface area contributed by atoms with Crippen LogP contribution in [-0.4, -0.2) is 61.8 Å². The van der Waals surface area contributed by atoms with Crippen molar-refractivity contribution < 1.29 is 5.11 Å². The zero-order valence-electron chi connectivity index (χ0n) is 16.9. The molecule has 0 atom stereocenters. The Morgan fingerprint density at radius 2 is 2.16 bits per heavy atom. The van der Waals surface area contributed by atoms with Gasteiger partial charge in [-0.15, -0.1) is 0 Å². The molecule has 11 heteroatoms. The van der Waals surface area contributed by atoms with Crippen molar-refractivity contribution in [2.75, 3.05) is 32.5 Å². The van der Waals surface area contributed by atoms with Crippen molar-refractivity contribution in [3.63, 3.8) is 0 Å². The van der Waals surface area contributed by atoms with Crippen molar-refractivity contribution in [2.24, 2.45) is 4.99 Å². The third-order valence-corrected chi connectivity index (χ3v) is 4.67. The Morgan fingerprint density at radius 3 is 2.87 bits per heavy atom. The van der Waals surface area contributed by atoms with Crippen LogP contribution >= 0.6 is 11.6 Å². The van der Waals surface area contributed by atoms with E-state index in [-0.39, 0.29) is 11.6 Å². The summed E-state index contributed by atoms with van der Waals surface area (Å²) in [6.45, 7) is 1.35. The number of hydrogen-bond acceptors (Lipinski definition) is 7. The van der Waals surface area contributed by atoms with Crippen molar-refractivity contribution in [2.45, 2.75) is 0 Å². The van der Waals surface area contributed by atoms with Crippen molar-refractivity contribution in [3.05, 3.63) is 68.4 Å². The smallest absolute Gasteiger partial charge is 0.326 e. The summed E-state index contributed by atoms with van der Waals surface area (Å²) >= 11 is 6.09. The van der Waals surface area contributed by atoms with E-state index in [1.165, 1.54) is 0 Å². The van der Waals surface area contributed by atoms with Gasteiger partial charge in [0.1, 0.15) is 11.5 Å². The number of benzene rings is 1. The van der Waals surface area contributed by atoms with Gasteiger partial charge in [-0.3, -0.25) is 9.98 Å². The summed E-state index contributed by atoms with van der Waals surface area (Å²) in [4.78, 5) is 27.6. The number of aromatic hydroxyl groups is 1. The van der Waals surface area contributed by atoms with Gasteiger partial charge in [0.25, 0.3) is 0 Å². The minimum atomic E-state index is -0.504. The molecule has 0 bridgehead atoms. The van der Waals surface area contributed by atoms with Crippen LogP contribution < -0.4 is 21.7 Å². The Hall–Kier alpha value is -3.63. The monoisotopic (exact) mass is 440 g/mol. The molecule has 0 saturated carbocycles. The van der Waals surface area contributed by atoms with Gasteiger partial charge in [-0.2, -0.15) is 9.61 Å². The number of H-pyrrole nitrogens is 2. The fourth-order valence-electron chi connectivity index (χ4n) is 2.97. The molecular weight excluding hydrogens is 420 g/mol. The van der Waals surface area contributed by atoms with Gasteiger partial charge in [0.2, 0.25) is 5.88 Å². The highest BCUT2D eigenvalue weighted by Crippen LogP contribution is 2.18. The number of aromatic nitrogens is 5. The lowest BCUT2D eigenvalue weighted by Crippen LogP contribution is -2.22. The Kier molecular flexibility index (Phi) is 5.74. The van der Waals surface area contributed by atoms with Crippen LogP contribution in [0.3, 0.4) is 0 Å². The lowest BCUT2D eigenvalue weighted by atomic mass is 10.3. The second-order valence-corrected chi connectivity index (χ2v) is 7.58. The molecule has 0 radical (unpaired) electrons. The van der Waals surface area contributed by atoms with Gasteiger partial charge < -0.3 is 20.3 Å². The van der Waals surface area contributed by atoms with Gasteiger partial charge in [0, 0.05) is 28.5 Å². The number of anilines is 2. The van der Waals surface area contributed by atoms with Gasteiger partial charge in [-0.05, 0) is 38.4 Å². The van der Waals surface area contributed by atoms with Gasteiger partial charge in [0.15, 0.2) is 11.1 Å². The molecule has 160 valence electrons. The van der Waals surface area contributed by atoms with E-state index in [2.05, 4.69) is 30.4 Å². The molecule has 0 aliphatic carbocycles. The quantitative estimate of drug-likeness (QED) is 0.352. The number of nitrogens with one attached hydrogen (secondary N) is 3. The highest BCUT2D eigenvalue weighted by Gasteiger charge is 2.08. The first kappa shape index (κ1) is 20.6. The van der Waals surface area contributed by atoms with E-state index < -0.39 is 5.69 Å². The van der Waals surface area contributed by atoms with Crippen LogP contribution in [0.1, 0.15) is 5.69 Å². The van der Waals surface area contributed by atoms with E-state index in [1.54, 1.807) is 35.0 Å². The minimum absolute atomic E-state index is 0.237. The Balaban J connectivity index is 1.86. The SMILES string of the molecule is CN(C)CCN=c1cc(Nc2cccc(Cl)c2)nc2/c(=C/c3[nH]c(=O)[nH]c3O)cnn12. The first-order chi connectivity index (χ1) is 14.9. The van der Waals surface area contributed by atoms with Gasteiger partial charge >= 0.3 is 5.69 Å². The maximum Gasteiger partial charge on any atom is 0.326 e. The third-order valence-electron chi connectivity index (χ3n) is 4.43. The fraction of sp³-hybridized carbons (Fsp3) is 0.200. The largest absolute Gasteiger partial charge is 0.493 e. The summed E-state index contributed by atoms with van der Waals surface area (Å²) < 4.78 is 1.62. The van der Waals surface area contributed by atoms with E-state index in [0.717, 1.165) is 12.2 Å². The predicted molar refractivity (Wildman–Crippen MR) is 119 cm³/mol. The molecule has 31 heavy (non-hydrogen) atoms. The molecule has 0 amide bonds. The summed E-state index contributed by atoms with van der Waals surface area (Å²) in [6.07, 6.45) is 3.19. The standard InChI is InChI=1S/C20H21ClN8O2/c1-28(2)7-6-22-17-10-16(24-14-5-3-4-13(21)9-14)26-18-12(11-23-29(17)18)8-15-19(30)27-20(31)25-15/h3-5,8-11,24,30H,6-7H2,1-2H3,(H2,25,27,31)/b12-8+,22-17?. The van der Waals surface area contributed by atoms with E-state index in [4.69, 9.17) is 11.6 Å². The van der Waals surface area contributed by atoms with Gasteiger partial charge in [0.05, 0.1) is 12.7 Å². The molecule has 0 aliphatic rings. The van der Waals surface area contributed by atoms with Crippen LogP contribution in [0, 0.1) is 0 Å². The van der Waals surface area contributed by atoms with Crippen LogP contribution in [0.4, 0.5) is 11.5 Å². The molecule has 3 aromatic heterocycles. The molecule has 10 nitrogen and oxygen atoms in total. The molecule has 1 aromatic carbocycles. The minimum Gasteiger partial charge on any atom is -0.493 e. The summed E-state index contributed by atoms with van der Waals surface area (Å²) in [5, 5.41) is 18.7. The molecule has 0 unspecified atom stereocenters. The molecule has 0 saturated heterocycles. The number of nitrogens with zero attached hydrogens (tertiary/aromatic N) is 5. The normalized spacial score (nSPS) is 12.9. The summed E-state index contributed by atoms with van der Waals surface area (Å²) in [5.41, 5.74) is 1.64. The van der Waals surface area contributed by atoms with Crippen molar-refractivity contribution in [3.8, 4) is 5.88 Å². The van der Waals surface area contributed by atoms with Crippen LogP contribution in [0.5, 0.6) is 5.88 Å². The molecule has 4 aromatic rings. The van der Waals surface area contributed by atoms with Crippen molar-refractivity contribution >= 4 is 34.8 Å². The Bertz CT molecular complexity index is 1400. The Labute approximate surface area is 181 Å². The first-order valence-electron chi connectivity index (χ1n) is 9.48. The van der Waals surface area contributed by atoms with Gasteiger partial charge in [-0.25, -0.2) is 9.78 Å². The number of hydrogen-bond donors (Lipinski definition) is 4. The third kappa shape index (κ3) is 4.76. The van der Waals surface area contributed by atoms with E-state index in [9.17, 15) is 9.90 Å². The van der Waals surface area contributed by atoms with Crippen LogP contribution in [0.25, 0.3) is 11.7 Å². The number of imidazole rings is 1. The number of aromatic amines is 2. The average molecular weight is 441 g/mol. The first-order valence-corrected chi connectivity index (χ1v) is 9.86. The molecule has 0 fully saturated rings. The number of fused-ring (bicyclic) bond motifs is 1. The van der Waals surface area contributed by atoms with Crippen molar-refractivity contribution in [1.29, 1.82) is 0 Å². The molecule has 3 heterocycles. The fourth-order valence-corrected chi connectivity index (χ4v) is 3.16. The van der Waals surface area contributed by atoms with Crippen LogP contribution in [0.15, 0.2) is 46.3 Å². The summed E-state index contributed by atoms with van der Waals surface area (Å²) in [7, 11) is 3.96. The van der Waals surface area contributed by atoms with Crippen molar-refractivity contribution in [1.82, 2.24) is 29.5 Å². The highest BCUT2D eigenvalue weighted by atomic mass is 35.5. The number of rotatable bonds is 6. The number of halogens is 1. The molecule has 0 spiro atoms. The maximum absolute atomic E-state index is 11.4. The molecule has 4 rings (SSSR count). The van der Waals surface area contributed by atoms with E-state index in [0.29, 0.717) is 33.7 Å². The van der Waals surface area contributed by atoms with E-state index in [1.807, 2.05) is 31.1 Å². The molecule has 0 aliphatic heterocycles. The summed E-state index contributed by atoms with van der Waals surface area (Å²) in [6, 6.07) is 9.11. The predicted octanol–water partition coefficient (Wildman–Crippen LogP) is 0.858. The zero-order chi connectivity index (χ0) is 22.0. The van der Waals surface area contributed by atoms with Crippen LogP contribution in [0.2, 0.25) is 5.02 Å². The summed E-state index contributed by atoms with van der Waals surface area (Å²) in [5.74, 6) is 0.300. The zero-order valence-corrected chi connectivity index (χ0v) is 17.7. The van der Waals surface area contributed by atoms with Gasteiger partial charge in [-0.1, -0.05) is 17.7 Å². The van der Waals surface area contributed by atoms with E-state index >= 15 is 0 Å². The lowest BCUT2D eigenvalue weighted by Gasteiger charge is -2.08. The molecule has 4 N–H and O–H groups in total. The number of likely N-dealkylation sites (N-methyl/N-ethyl adjacent to an activating group) is 1. The highest BCUT2D eigenvalue weighted by molar-refractivity contribution is 6.30. The second kappa shape index (κ2) is 8.62. The lowest BCUT2D eigenvalue weighted by molar-refractivity contribution is 0.418. The maximum atomic E-state index is 11.4. The topological polar surface area (TPSA) is 127 Å². The molecular formula is C20H21ClN8O2. The second-order valence-electron chi connectivity index (χ2n) is 7.14. The van der Waals surface area contributed by atoms with Crippen LogP contribution in [-0.2, 0) is 0 Å². The average Bonchev–Trinajstić information content (AvgIpc) is 3.24.